The number of nitrogens with one attached hydrogen (secondary N) is 1. The fourth-order valence-corrected chi connectivity index (χ4v) is 2.48. The Labute approximate surface area is 99.3 Å². The van der Waals surface area contributed by atoms with Crippen LogP contribution in [0.15, 0.2) is 5.38 Å². The van der Waals surface area contributed by atoms with E-state index in [9.17, 15) is 0 Å². The third kappa shape index (κ3) is 2.24. The fraction of sp³-hybridized carbons (Fsp3) is 0.636. The Morgan fingerprint density at radius 1 is 1.69 bits per heavy atom. The molecule has 1 atom stereocenters. The maximum atomic E-state index is 9.04. The van der Waals surface area contributed by atoms with E-state index in [-0.39, 0.29) is 6.04 Å². The molecule has 1 aliphatic heterocycles. The van der Waals surface area contributed by atoms with Crippen molar-refractivity contribution in [2.75, 3.05) is 19.8 Å². The lowest BCUT2D eigenvalue weighted by Gasteiger charge is -2.22. The zero-order chi connectivity index (χ0) is 11.6. The van der Waals surface area contributed by atoms with Gasteiger partial charge in [-0.25, -0.2) is 4.98 Å². The first-order valence-corrected chi connectivity index (χ1v) is 6.20. The van der Waals surface area contributed by atoms with Crippen LogP contribution in [0.5, 0.6) is 0 Å². The van der Waals surface area contributed by atoms with E-state index in [4.69, 9.17) is 10.00 Å². The molecule has 0 aromatic carbocycles. The van der Waals surface area contributed by atoms with Crippen LogP contribution in [-0.4, -0.2) is 24.7 Å². The second kappa shape index (κ2) is 4.50. The van der Waals surface area contributed by atoms with Crippen LogP contribution in [0.4, 0.5) is 0 Å². The van der Waals surface area contributed by atoms with Crippen molar-refractivity contribution in [3.8, 4) is 6.07 Å². The molecule has 1 unspecified atom stereocenters. The van der Waals surface area contributed by atoms with Crippen LogP contribution < -0.4 is 5.32 Å². The van der Waals surface area contributed by atoms with Gasteiger partial charge in [-0.15, -0.1) is 11.3 Å². The predicted molar refractivity (Wildman–Crippen MR) is 62.3 cm³/mol. The van der Waals surface area contributed by atoms with Gasteiger partial charge in [-0.3, -0.25) is 0 Å². The van der Waals surface area contributed by atoms with E-state index < -0.39 is 5.41 Å². The van der Waals surface area contributed by atoms with E-state index in [1.54, 1.807) is 11.3 Å². The van der Waals surface area contributed by atoms with Gasteiger partial charge >= 0.3 is 0 Å². The summed E-state index contributed by atoms with van der Waals surface area (Å²) in [6.07, 6.45) is 0. The largest absolute Gasteiger partial charge is 0.378 e. The van der Waals surface area contributed by atoms with Crippen molar-refractivity contribution in [1.82, 2.24) is 10.3 Å². The number of aromatic nitrogens is 1. The third-order valence-corrected chi connectivity index (χ3v) is 3.80. The van der Waals surface area contributed by atoms with Gasteiger partial charge in [0.15, 0.2) is 0 Å². The molecule has 0 aliphatic carbocycles. The molecule has 0 bridgehead atoms. The summed E-state index contributed by atoms with van der Waals surface area (Å²) in [6.45, 7) is 6.06. The highest BCUT2D eigenvalue weighted by atomic mass is 32.1. The van der Waals surface area contributed by atoms with E-state index >= 15 is 0 Å². The van der Waals surface area contributed by atoms with Crippen molar-refractivity contribution >= 4 is 11.3 Å². The molecule has 1 aromatic heterocycles. The summed E-state index contributed by atoms with van der Waals surface area (Å²) in [5.74, 6) is 0. The quantitative estimate of drug-likeness (QED) is 0.849. The molecule has 0 radical (unpaired) electrons. The van der Waals surface area contributed by atoms with Gasteiger partial charge in [-0.2, -0.15) is 5.26 Å². The van der Waals surface area contributed by atoms with Crippen LogP contribution in [0, 0.1) is 11.3 Å². The molecule has 1 aliphatic rings. The molecule has 2 rings (SSSR count). The number of rotatable bonds is 2. The summed E-state index contributed by atoms with van der Waals surface area (Å²) in [4.78, 5) is 4.53. The Kier molecular flexibility index (Phi) is 3.24. The van der Waals surface area contributed by atoms with E-state index in [0.717, 1.165) is 23.9 Å². The number of hydrogen-bond donors (Lipinski definition) is 1. The molecule has 4 nitrogen and oxygen atoms in total. The molecule has 1 N–H and O–H groups in total. The highest BCUT2D eigenvalue weighted by Crippen LogP contribution is 2.28. The normalized spacial score (nSPS) is 21.7. The predicted octanol–water partition coefficient (Wildman–Crippen LogP) is 1.61. The lowest BCUT2D eigenvalue weighted by Crippen LogP contribution is -2.34. The standard InChI is InChI=1S/C11H15N3OS/c1-11(2,7-12)10-14-9(6-16-10)8-5-15-4-3-13-8/h6,8,13H,3-5H2,1-2H3. The summed E-state index contributed by atoms with van der Waals surface area (Å²) in [5, 5.41) is 15.3. The molecule has 1 saturated heterocycles. The number of thiazole rings is 1. The summed E-state index contributed by atoms with van der Waals surface area (Å²) in [6, 6.07) is 2.44. The Morgan fingerprint density at radius 2 is 2.50 bits per heavy atom. The maximum Gasteiger partial charge on any atom is 0.113 e. The zero-order valence-corrected chi connectivity index (χ0v) is 10.3. The molecule has 86 valence electrons. The Balaban J connectivity index is 2.16. The maximum absolute atomic E-state index is 9.04. The second-order valence-electron chi connectivity index (χ2n) is 4.40. The van der Waals surface area contributed by atoms with Crippen molar-refractivity contribution in [2.45, 2.75) is 25.3 Å². The van der Waals surface area contributed by atoms with Crippen LogP contribution in [0.2, 0.25) is 0 Å². The van der Waals surface area contributed by atoms with Crippen molar-refractivity contribution in [3.63, 3.8) is 0 Å². The van der Waals surface area contributed by atoms with Crippen LogP contribution in [0.25, 0.3) is 0 Å². The molecular weight excluding hydrogens is 222 g/mol. The minimum atomic E-state index is -0.502. The smallest absolute Gasteiger partial charge is 0.113 e. The van der Waals surface area contributed by atoms with Crippen molar-refractivity contribution in [2.24, 2.45) is 0 Å². The minimum absolute atomic E-state index is 0.174. The average molecular weight is 237 g/mol. The third-order valence-electron chi connectivity index (χ3n) is 2.61. The van der Waals surface area contributed by atoms with Crippen LogP contribution >= 0.6 is 11.3 Å². The van der Waals surface area contributed by atoms with Gasteiger partial charge in [0.25, 0.3) is 0 Å². The zero-order valence-electron chi connectivity index (χ0n) is 9.49. The van der Waals surface area contributed by atoms with Gasteiger partial charge in [0.1, 0.15) is 10.4 Å². The van der Waals surface area contributed by atoms with Gasteiger partial charge in [0, 0.05) is 11.9 Å². The molecule has 1 fully saturated rings. The van der Waals surface area contributed by atoms with Crippen molar-refractivity contribution < 1.29 is 4.74 Å². The number of ether oxygens (including phenoxy) is 1. The molecule has 0 amide bonds. The Morgan fingerprint density at radius 3 is 3.12 bits per heavy atom. The summed E-state index contributed by atoms with van der Waals surface area (Å²) < 4.78 is 5.39. The monoisotopic (exact) mass is 237 g/mol. The Hall–Kier alpha value is -0.960. The first-order valence-electron chi connectivity index (χ1n) is 5.32. The van der Waals surface area contributed by atoms with Crippen LogP contribution in [-0.2, 0) is 10.2 Å². The van der Waals surface area contributed by atoms with Crippen molar-refractivity contribution in [1.29, 1.82) is 5.26 Å². The SMILES string of the molecule is CC(C)(C#N)c1nc(C2COCCN2)cs1. The number of morpholine rings is 1. The van der Waals surface area contributed by atoms with E-state index in [1.807, 2.05) is 19.2 Å². The van der Waals surface area contributed by atoms with Crippen LogP contribution in [0.3, 0.4) is 0 Å². The lowest BCUT2D eigenvalue weighted by atomic mass is 9.97. The molecule has 5 heteroatoms. The van der Waals surface area contributed by atoms with E-state index in [2.05, 4.69) is 16.4 Å². The highest BCUT2D eigenvalue weighted by Gasteiger charge is 2.26. The minimum Gasteiger partial charge on any atom is -0.378 e. The molecule has 16 heavy (non-hydrogen) atoms. The van der Waals surface area contributed by atoms with Crippen LogP contribution in [0.1, 0.15) is 30.6 Å². The molecule has 2 heterocycles. The van der Waals surface area contributed by atoms with Gasteiger partial charge in [-0.05, 0) is 13.8 Å². The average Bonchev–Trinajstić information content (AvgIpc) is 2.80. The van der Waals surface area contributed by atoms with Gasteiger partial charge < -0.3 is 10.1 Å². The number of nitriles is 1. The summed E-state index contributed by atoms with van der Waals surface area (Å²) >= 11 is 1.55. The number of hydrogen-bond acceptors (Lipinski definition) is 5. The van der Waals surface area contributed by atoms with E-state index in [1.165, 1.54) is 0 Å². The van der Waals surface area contributed by atoms with Crippen molar-refractivity contribution in [3.05, 3.63) is 16.1 Å². The second-order valence-corrected chi connectivity index (χ2v) is 5.25. The molecule has 1 aromatic rings. The van der Waals surface area contributed by atoms with E-state index in [0.29, 0.717) is 6.61 Å². The van der Waals surface area contributed by atoms with Gasteiger partial charge in [0.2, 0.25) is 0 Å². The molecule has 0 saturated carbocycles. The molecule has 0 spiro atoms. The molecular formula is C11H15N3OS. The fourth-order valence-electron chi connectivity index (χ4n) is 1.54. The lowest BCUT2D eigenvalue weighted by molar-refractivity contribution is 0.0757. The summed E-state index contributed by atoms with van der Waals surface area (Å²) in [5.41, 5.74) is 0.487. The summed E-state index contributed by atoms with van der Waals surface area (Å²) in [7, 11) is 0. The van der Waals surface area contributed by atoms with Gasteiger partial charge in [-0.1, -0.05) is 0 Å². The first-order chi connectivity index (χ1) is 7.63. The van der Waals surface area contributed by atoms with Gasteiger partial charge in [0.05, 0.1) is 31.0 Å². The first kappa shape index (κ1) is 11.5. The number of nitrogens with zero attached hydrogens (tertiary/aromatic N) is 2. The topological polar surface area (TPSA) is 57.9 Å². The Bertz CT molecular complexity index is 402. The highest BCUT2D eigenvalue weighted by molar-refractivity contribution is 7.09.